The fourth-order valence-corrected chi connectivity index (χ4v) is 1.18. The molecule has 0 aliphatic rings. The fourth-order valence-electron chi connectivity index (χ4n) is 1.18. The number of carbonyl (C=O) groups is 1. The lowest BCUT2D eigenvalue weighted by molar-refractivity contribution is -0.141. The van der Waals surface area contributed by atoms with Crippen molar-refractivity contribution in [2.45, 2.75) is 39.5 Å². The average Bonchev–Trinajstić information content (AvgIpc) is 2.03. The predicted molar refractivity (Wildman–Crippen MR) is 45.3 cm³/mol. The quantitative estimate of drug-likeness (QED) is 0.574. The molecule has 0 amide bonds. The zero-order valence-electron chi connectivity index (χ0n) is 7.72. The van der Waals surface area contributed by atoms with Gasteiger partial charge < -0.3 is 4.74 Å². The molecule has 66 valence electrons. The molecule has 0 aromatic rings. The van der Waals surface area contributed by atoms with Crippen molar-refractivity contribution in [1.29, 1.82) is 0 Å². The Balaban J connectivity index is 3.58. The number of ether oxygens (including phenoxy) is 1. The highest BCUT2D eigenvalue weighted by Gasteiger charge is 2.10. The summed E-state index contributed by atoms with van der Waals surface area (Å²) in [4.78, 5) is 10.8. The van der Waals surface area contributed by atoms with Crippen molar-refractivity contribution >= 4 is 5.97 Å². The Labute approximate surface area is 68.9 Å². The summed E-state index contributed by atoms with van der Waals surface area (Å²) in [5.41, 5.74) is 0. The van der Waals surface area contributed by atoms with Gasteiger partial charge in [0.05, 0.1) is 7.11 Å². The van der Waals surface area contributed by atoms with E-state index in [0.717, 1.165) is 19.3 Å². The maximum absolute atomic E-state index is 10.8. The molecule has 0 rings (SSSR count). The maximum atomic E-state index is 10.8. The molecule has 2 heteroatoms. The van der Waals surface area contributed by atoms with E-state index in [4.69, 9.17) is 0 Å². The normalized spacial score (nSPS) is 12.6. The first kappa shape index (κ1) is 10.5. The summed E-state index contributed by atoms with van der Waals surface area (Å²) in [6.45, 7) is 4.25. The molecule has 0 aliphatic carbocycles. The van der Waals surface area contributed by atoms with Gasteiger partial charge in [-0.25, -0.2) is 0 Å². The molecule has 0 heterocycles. The summed E-state index contributed by atoms with van der Waals surface area (Å²) in [6, 6.07) is 0. The van der Waals surface area contributed by atoms with Gasteiger partial charge in [0.25, 0.3) is 0 Å². The average molecular weight is 158 g/mol. The lowest BCUT2D eigenvalue weighted by Crippen LogP contribution is -2.08. The van der Waals surface area contributed by atoms with Crippen LogP contribution in [-0.4, -0.2) is 13.1 Å². The van der Waals surface area contributed by atoms with Crippen LogP contribution in [0.15, 0.2) is 0 Å². The van der Waals surface area contributed by atoms with E-state index in [1.807, 2.05) is 0 Å². The minimum atomic E-state index is -0.0784. The summed E-state index contributed by atoms with van der Waals surface area (Å²) in [5.74, 6) is 0.442. The van der Waals surface area contributed by atoms with E-state index >= 15 is 0 Å². The standard InChI is InChI=1S/C9H18O2/c1-4-6-8(5-2)7-9(10)11-3/h8H,4-7H2,1-3H3/t8-/m1/s1. The number of methoxy groups -OCH3 is 1. The third kappa shape index (κ3) is 4.82. The van der Waals surface area contributed by atoms with Crippen LogP contribution in [0.1, 0.15) is 39.5 Å². The number of hydrogen-bond donors (Lipinski definition) is 0. The Kier molecular flexibility index (Phi) is 5.90. The van der Waals surface area contributed by atoms with Crippen molar-refractivity contribution in [3.05, 3.63) is 0 Å². The first-order valence-corrected chi connectivity index (χ1v) is 4.31. The predicted octanol–water partition coefficient (Wildman–Crippen LogP) is 2.38. The van der Waals surface area contributed by atoms with Crippen molar-refractivity contribution in [3.63, 3.8) is 0 Å². The molecule has 0 saturated heterocycles. The van der Waals surface area contributed by atoms with Crippen molar-refractivity contribution < 1.29 is 9.53 Å². The largest absolute Gasteiger partial charge is 0.469 e. The molecule has 0 aromatic carbocycles. The van der Waals surface area contributed by atoms with E-state index in [1.54, 1.807) is 0 Å². The first-order valence-electron chi connectivity index (χ1n) is 4.31. The molecule has 0 fully saturated rings. The van der Waals surface area contributed by atoms with Crippen molar-refractivity contribution in [2.24, 2.45) is 5.92 Å². The van der Waals surface area contributed by atoms with E-state index < -0.39 is 0 Å². The number of hydrogen-bond acceptors (Lipinski definition) is 2. The third-order valence-electron chi connectivity index (χ3n) is 1.96. The molecule has 2 nitrogen and oxygen atoms in total. The Hall–Kier alpha value is -0.530. The number of carbonyl (C=O) groups excluding carboxylic acids is 1. The lowest BCUT2D eigenvalue weighted by atomic mass is 9.97. The minimum absolute atomic E-state index is 0.0784. The van der Waals surface area contributed by atoms with Crippen LogP contribution in [0.2, 0.25) is 0 Å². The molecule has 0 spiro atoms. The minimum Gasteiger partial charge on any atom is -0.469 e. The van der Waals surface area contributed by atoms with Gasteiger partial charge in [0.2, 0.25) is 0 Å². The van der Waals surface area contributed by atoms with Gasteiger partial charge in [-0.2, -0.15) is 0 Å². The second kappa shape index (κ2) is 6.20. The monoisotopic (exact) mass is 158 g/mol. The second-order valence-corrected chi connectivity index (χ2v) is 2.84. The highest BCUT2D eigenvalue weighted by atomic mass is 16.5. The molecule has 1 atom stereocenters. The molecule has 11 heavy (non-hydrogen) atoms. The summed E-state index contributed by atoms with van der Waals surface area (Å²) in [5, 5.41) is 0. The third-order valence-corrected chi connectivity index (χ3v) is 1.96. The van der Waals surface area contributed by atoms with Crippen LogP contribution in [0.4, 0.5) is 0 Å². The zero-order chi connectivity index (χ0) is 8.69. The summed E-state index contributed by atoms with van der Waals surface area (Å²) in [7, 11) is 1.45. The van der Waals surface area contributed by atoms with Crippen molar-refractivity contribution in [1.82, 2.24) is 0 Å². The Morgan fingerprint density at radius 3 is 2.45 bits per heavy atom. The summed E-state index contributed by atoms with van der Waals surface area (Å²) >= 11 is 0. The van der Waals surface area contributed by atoms with Gasteiger partial charge in [-0.3, -0.25) is 4.79 Å². The van der Waals surface area contributed by atoms with Crippen molar-refractivity contribution in [3.8, 4) is 0 Å². The maximum Gasteiger partial charge on any atom is 0.305 e. The van der Waals surface area contributed by atoms with Crippen LogP contribution in [0.5, 0.6) is 0 Å². The van der Waals surface area contributed by atoms with Crippen LogP contribution in [0.3, 0.4) is 0 Å². The second-order valence-electron chi connectivity index (χ2n) is 2.84. The van der Waals surface area contributed by atoms with E-state index in [2.05, 4.69) is 18.6 Å². The smallest absolute Gasteiger partial charge is 0.305 e. The topological polar surface area (TPSA) is 26.3 Å². The van der Waals surface area contributed by atoms with Crippen LogP contribution in [-0.2, 0) is 9.53 Å². The Morgan fingerprint density at radius 1 is 1.45 bits per heavy atom. The highest BCUT2D eigenvalue weighted by Crippen LogP contribution is 2.15. The van der Waals surface area contributed by atoms with Crippen LogP contribution in [0.25, 0.3) is 0 Å². The fraction of sp³-hybridized carbons (Fsp3) is 0.889. The molecular formula is C9H18O2. The molecule has 0 unspecified atom stereocenters. The highest BCUT2D eigenvalue weighted by molar-refractivity contribution is 5.69. The zero-order valence-corrected chi connectivity index (χ0v) is 7.72. The molecule has 0 aliphatic heterocycles. The van der Waals surface area contributed by atoms with E-state index in [1.165, 1.54) is 7.11 Å². The van der Waals surface area contributed by atoms with Gasteiger partial charge in [0, 0.05) is 6.42 Å². The number of esters is 1. The van der Waals surface area contributed by atoms with Crippen molar-refractivity contribution in [2.75, 3.05) is 7.11 Å². The van der Waals surface area contributed by atoms with Gasteiger partial charge in [-0.1, -0.05) is 33.1 Å². The van der Waals surface area contributed by atoms with Gasteiger partial charge >= 0.3 is 5.97 Å². The number of rotatable bonds is 5. The van der Waals surface area contributed by atoms with Gasteiger partial charge in [-0.05, 0) is 5.92 Å². The van der Waals surface area contributed by atoms with Crippen LogP contribution >= 0.6 is 0 Å². The van der Waals surface area contributed by atoms with Crippen LogP contribution < -0.4 is 0 Å². The summed E-state index contributed by atoms with van der Waals surface area (Å²) < 4.78 is 4.59. The molecular weight excluding hydrogens is 140 g/mol. The Bertz CT molecular complexity index is 110. The molecule has 0 radical (unpaired) electrons. The van der Waals surface area contributed by atoms with E-state index in [9.17, 15) is 4.79 Å². The molecule has 0 N–H and O–H groups in total. The van der Waals surface area contributed by atoms with Gasteiger partial charge in [0.15, 0.2) is 0 Å². The van der Waals surface area contributed by atoms with E-state index in [-0.39, 0.29) is 5.97 Å². The Morgan fingerprint density at radius 2 is 2.09 bits per heavy atom. The summed E-state index contributed by atoms with van der Waals surface area (Å²) in [6.07, 6.45) is 3.94. The van der Waals surface area contributed by atoms with E-state index in [0.29, 0.717) is 12.3 Å². The van der Waals surface area contributed by atoms with Gasteiger partial charge in [0.1, 0.15) is 0 Å². The van der Waals surface area contributed by atoms with Crippen LogP contribution in [0, 0.1) is 5.92 Å². The molecule has 0 bridgehead atoms. The first-order chi connectivity index (χ1) is 5.24. The molecule has 0 aromatic heterocycles. The SMILES string of the molecule is CCC[C@@H](CC)CC(=O)OC. The van der Waals surface area contributed by atoms with Gasteiger partial charge in [-0.15, -0.1) is 0 Å². The lowest BCUT2D eigenvalue weighted by Gasteiger charge is -2.10. The molecule has 0 saturated carbocycles.